The van der Waals surface area contributed by atoms with E-state index in [9.17, 15) is 0 Å². The Bertz CT molecular complexity index is 852. The average molecular weight is 337 g/mol. The third kappa shape index (κ3) is 4.14. The van der Waals surface area contributed by atoms with E-state index < -0.39 is 0 Å². The third-order valence-electron chi connectivity index (χ3n) is 3.54. The molecule has 7 nitrogen and oxygen atoms in total. The average Bonchev–Trinajstić information content (AvgIpc) is 2.64. The minimum Gasteiger partial charge on any atom is -0.497 e. The number of rotatable bonds is 6. The zero-order valence-electron chi connectivity index (χ0n) is 14.3. The standard InChI is InChI=1S/C18H19N5O2/c1-12-4-6-13(7-5-12)20-17-11-19-23-18(22-17)21-15-10-14(24-2)8-9-16(15)25-3/h4-11H,1-3H3,(H2,20,21,22,23). The molecule has 128 valence electrons. The molecule has 0 atom stereocenters. The van der Waals surface area contributed by atoms with Crippen LogP contribution in [0.2, 0.25) is 0 Å². The molecule has 25 heavy (non-hydrogen) atoms. The van der Waals surface area contributed by atoms with Gasteiger partial charge in [0, 0.05) is 11.8 Å². The zero-order chi connectivity index (χ0) is 17.6. The van der Waals surface area contributed by atoms with E-state index in [4.69, 9.17) is 9.47 Å². The second-order valence-electron chi connectivity index (χ2n) is 5.35. The molecule has 7 heteroatoms. The second-order valence-corrected chi connectivity index (χ2v) is 5.35. The number of anilines is 4. The van der Waals surface area contributed by atoms with Crippen LogP contribution in [0.4, 0.5) is 23.1 Å². The quantitative estimate of drug-likeness (QED) is 0.710. The maximum atomic E-state index is 5.34. The van der Waals surface area contributed by atoms with E-state index in [1.807, 2.05) is 49.4 Å². The molecule has 0 bridgehead atoms. The molecule has 2 aromatic carbocycles. The first-order chi connectivity index (χ1) is 12.2. The summed E-state index contributed by atoms with van der Waals surface area (Å²) in [6.07, 6.45) is 1.56. The lowest BCUT2D eigenvalue weighted by Gasteiger charge is -2.12. The van der Waals surface area contributed by atoms with Gasteiger partial charge in [0.05, 0.1) is 26.1 Å². The number of ether oxygens (including phenoxy) is 2. The second kappa shape index (κ2) is 7.48. The number of aromatic nitrogens is 3. The van der Waals surface area contributed by atoms with Crippen molar-refractivity contribution in [1.82, 2.24) is 15.2 Å². The van der Waals surface area contributed by atoms with Crippen LogP contribution in [0.15, 0.2) is 48.7 Å². The lowest BCUT2D eigenvalue weighted by atomic mass is 10.2. The Morgan fingerprint density at radius 1 is 0.920 bits per heavy atom. The molecule has 0 radical (unpaired) electrons. The maximum absolute atomic E-state index is 5.34. The van der Waals surface area contributed by atoms with Gasteiger partial charge in [0.15, 0.2) is 5.82 Å². The number of nitrogens with zero attached hydrogens (tertiary/aromatic N) is 3. The summed E-state index contributed by atoms with van der Waals surface area (Å²) in [6, 6.07) is 13.4. The van der Waals surface area contributed by atoms with Gasteiger partial charge in [-0.15, -0.1) is 5.10 Å². The summed E-state index contributed by atoms with van der Waals surface area (Å²) in [5.41, 5.74) is 2.81. The summed E-state index contributed by atoms with van der Waals surface area (Å²) in [7, 11) is 3.21. The molecule has 0 aliphatic carbocycles. The SMILES string of the molecule is COc1ccc(OC)c(Nc2nncc(Nc3ccc(C)cc3)n2)c1. The van der Waals surface area contributed by atoms with E-state index in [2.05, 4.69) is 25.8 Å². The Hall–Kier alpha value is -3.35. The molecule has 1 aromatic heterocycles. The van der Waals surface area contributed by atoms with E-state index in [0.29, 0.717) is 29.0 Å². The van der Waals surface area contributed by atoms with Crippen LogP contribution in [0.1, 0.15) is 5.56 Å². The van der Waals surface area contributed by atoms with Crippen molar-refractivity contribution in [3.63, 3.8) is 0 Å². The van der Waals surface area contributed by atoms with Gasteiger partial charge in [-0.2, -0.15) is 10.1 Å². The fourth-order valence-electron chi connectivity index (χ4n) is 2.23. The summed E-state index contributed by atoms with van der Waals surface area (Å²) in [5, 5.41) is 14.3. The maximum Gasteiger partial charge on any atom is 0.249 e. The van der Waals surface area contributed by atoms with Crippen LogP contribution >= 0.6 is 0 Å². The fourth-order valence-corrected chi connectivity index (χ4v) is 2.23. The Balaban J connectivity index is 1.81. The van der Waals surface area contributed by atoms with Crippen molar-refractivity contribution in [2.24, 2.45) is 0 Å². The van der Waals surface area contributed by atoms with Gasteiger partial charge in [-0.25, -0.2) is 0 Å². The van der Waals surface area contributed by atoms with Crippen molar-refractivity contribution in [3.8, 4) is 11.5 Å². The number of hydrogen-bond donors (Lipinski definition) is 2. The van der Waals surface area contributed by atoms with E-state index in [1.165, 1.54) is 5.56 Å². The van der Waals surface area contributed by atoms with Crippen LogP contribution in [0.3, 0.4) is 0 Å². The van der Waals surface area contributed by atoms with Gasteiger partial charge >= 0.3 is 0 Å². The predicted molar refractivity (Wildman–Crippen MR) is 97.1 cm³/mol. The van der Waals surface area contributed by atoms with Crippen molar-refractivity contribution in [2.45, 2.75) is 6.92 Å². The lowest BCUT2D eigenvalue weighted by molar-refractivity contribution is 0.405. The molecule has 0 unspecified atom stereocenters. The van der Waals surface area contributed by atoms with Crippen molar-refractivity contribution >= 4 is 23.1 Å². The van der Waals surface area contributed by atoms with E-state index in [1.54, 1.807) is 20.4 Å². The Morgan fingerprint density at radius 3 is 2.44 bits per heavy atom. The summed E-state index contributed by atoms with van der Waals surface area (Å²) in [4.78, 5) is 4.42. The molecular formula is C18H19N5O2. The first-order valence-electron chi connectivity index (χ1n) is 7.70. The van der Waals surface area contributed by atoms with Gasteiger partial charge in [0.1, 0.15) is 11.5 Å². The van der Waals surface area contributed by atoms with Crippen LogP contribution in [0.5, 0.6) is 11.5 Å². The first-order valence-corrected chi connectivity index (χ1v) is 7.70. The normalized spacial score (nSPS) is 10.2. The van der Waals surface area contributed by atoms with Crippen LogP contribution in [-0.2, 0) is 0 Å². The molecule has 0 fully saturated rings. The number of benzene rings is 2. The molecule has 1 heterocycles. The van der Waals surface area contributed by atoms with Gasteiger partial charge in [0.2, 0.25) is 5.95 Å². The molecule has 0 saturated carbocycles. The van der Waals surface area contributed by atoms with Crippen LogP contribution in [0, 0.1) is 6.92 Å². The van der Waals surface area contributed by atoms with E-state index in [0.717, 1.165) is 5.69 Å². The Morgan fingerprint density at radius 2 is 1.72 bits per heavy atom. The Labute approximate surface area is 146 Å². The highest BCUT2D eigenvalue weighted by Crippen LogP contribution is 2.30. The van der Waals surface area contributed by atoms with Gasteiger partial charge in [-0.1, -0.05) is 17.7 Å². The highest BCUT2D eigenvalue weighted by Gasteiger charge is 2.08. The molecule has 0 saturated heterocycles. The number of methoxy groups -OCH3 is 2. The van der Waals surface area contributed by atoms with Crippen molar-refractivity contribution in [3.05, 3.63) is 54.2 Å². The van der Waals surface area contributed by atoms with Gasteiger partial charge in [-0.05, 0) is 31.2 Å². The molecule has 0 aliphatic heterocycles. The summed E-state index contributed by atoms with van der Waals surface area (Å²) < 4.78 is 10.6. The fraction of sp³-hybridized carbons (Fsp3) is 0.167. The Kier molecular flexibility index (Phi) is 4.94. The van der Waals surface area contributed by atoms with Gasteiger partial charge in [-0.3, -0.25) is 0 Å². The summed E-state index contributed by atoms with van der Waals surface area (Å²) in [6.45, 7) is 2.04. The van der Waals surface area contributed by atoms with E-state index >= 15 is 0 Å². The largest absolute Gasteiger partial charge is 0.497 e. The summed E-state index contributed by atoms with van der Waals surface area (Å²) in [5.74, 6) is 2.29. The smallest absolute Gasteiger partial charge is 0.249 e. The monoisotopic (exact) mass is 337 g/mol. The van der Waals surface area contributed by atoms with Crippen molar-refractivity contribution in [1.29, 1.82) is 0 Å². The molecule has 3 rings (SSSR count). The van der Waals surface area contributed by atoms with Gasteiger partial charge in [0.25, 0.3) is 0 Å². The summed E-state index contributed by atoms with van der Waals surface area (Å²) >= 11 is 0. The zero-order valence-corrected chi connectivity index (χ0v) is 14.3. The molecule has 0 aliphatic rings. The molecule has 3 aromatic rings. The minimum atomic E-state index is 0.351. The van der Waals surface area contributed by atoms with Crippen LogP contribution in [0.25, 0.3) is 0 Å². The lowest BCUT2D eigenvalue weighted by Crippen LogP contribution is -2.03. The highest BCUT2D eigenvalue weighted by molar-refractivity contribution is 5.65. The molecular weight excluding hydrogens is 318 g/mol. The molecule has 0 amide bonds. The number of aryl methyl sites for hydroxylation is 1. The van der Waals surface area contributed by atoms with Crippen LogP contribution < -0.4 is 20.1 Å². The number of nitrogens with one attached hydrogen (secondary N) is 2. The predicted octanol–water partition coefficient (Wildman–Crippen LogP) is 3.68. The topological polar surface area (TPSA) is 81.2 Å². The van der Waals surface area contributed by atoms with Crippen molar-refractivity contribution in [2.75, 3.05) is 24.9 Å². The minimum absolute atomic E-state index is 0.351. The van der Waals surface area contributed by atoms with E-state index in [-0.39, 0.29) is 0 Å². The first kappa shape index (κ1) is 16.5. The van der Waals surface area contributed by atoms with Gasteiger partial charge < -0.3 is 20.1 Å². The highest BCUT2D eigenvalue weighted by atomic mass is 16.5. The van der Waals surface area contributed by atoms with Crippen molar-refractivity contribution < 1.29 is 9.47 Å². The molecule has 2 N–H and O–H groups in total. The number of hydrogen-bond acceptors (Lipinski definition) is 7. The molecule has 0 spiro atoms. The third-order valence-corrected chi connectivity index (χ3v) is 3.54. The van der Waals surface area contributed by atoms with Crippen LogP contribution in [-0.4, -0.2) is 29.4 Å².